The number of nitrogens with one attached hydrogen (secondary N) is 1. The molecule has 2 rings (SSSR count). The Morgan fingerprint density at radius 2 is 1.79 bits per heavy atom. The first-order valence-corrected chi connectivity index (χ1v) is 6.31. The van der Waals surface area contributed by atoms with E-state index in [1.54, 1.807) is 6.07 Å². The SMILES string of the molecule is N#Cc1ccc(Nc2cccc(Cl)c2F)c(F)c1Br. The maximum atomic E-state index is 14.0. The van der Waals surface area contributed by atoms with Gasteiger partial charge in [-0.15, -0.1) is 0 Å². The zero-order valence-electron chi connectivity index (χ0n) is 9.35. The van der Waals surface area contributed by atoms with Gasteiger partial charge in [-0.05, 0) is 40.2 Å². The van der Waals surface area contributed by atoms with Crippen molar-refractivity contribution in [1.82, 2.24) is 0 Å². The summed E-state index contributed by atoms with van der Waals surface area (Å²) < 4.78 is 27.7. The van der Waals surface area contributed by atoms with Gasteiger partial charge in [0.05, 0.1) is 26.4 Å². The van der Waals surface area contributed by atoms with Gasteiger partial charge >= 0.3 is 0 Å². The third kappa shape index (κ3) is 2.70. The Morgan fingerprint density at radius 3 is 2.47 bits per heavy atom. The molecule has 0 aliphatic heterocycles. The Kier molecular flexibility index (Phi) is 4.03. The van der Waals surface area contributed by atoms with Crippen LogP contribution in [0.4, 0.5) is 20.2 Å². The zero-order valence-corrected chi connectivity index (χ0v) is 11.7. The lowest BCUT2D eigenvalue weighted by Gasteiger charge is -2.10. The molecule has 0 amide bonds. The maximum absolute atomic E-state index is 14.0. The first-order valence-electron chi connectivity index (χ1n) is 5.13. The van der Waals surface area contributed by atoms with Crippen LogP contribution in [0.25, 0.3) is 0 Å². The Hall–Kier alpha value is -1.64. The number of nitriles is 1. The van der Waals surface area contributed by atoms with Gasteiger partial charge in [-0.25, -0.2) is 8.78 Å². The summed E-state index contributed by atoms with van der Waals surface area (Å²) in [4.78, 5) is 0. The van der Waals surface area contributed by atoms with E-state index in [2.05, 4.69) is 21.2 Å². The van der Waals surface area contributed by atoms with Crippen LogP contribution in [-0.4, -0.2) is 0 Å². The van der Waals surface area contributed by atoms with Crippen LogP contribution in [0.3, 0.4) is 0 Å². The molecule has 1 N–H and O–H groups in total. The second kappa shape index (κ2) is 5.55. The van der Waals surface area contributed by atoms with Gasteiger partial charge in [0.1, 0.15) is 6.07 Å². The van der Waals surface area contributed by atoms with Crippen LogP contribution < -0.4 is 5.32 Å². The Balaban J connectivity index is 2.43. The van der Waals surface area contributed by atoms with Crippen LogP contribution in [0.2, 0.25) is 5.02 Å². The fraction of sp³-hybridized carbons (Fsp3) is 0. The minimum absolute atomic E-state index is 0.0300. The highest BCUT2D eigenvalue weighted by atomic mass is 79.9. The molecule has 0 fully saturated rings. The second-order valence-corrected chi connectivity index (χ2v) is 4.83. The first-order chi connectivity index (χ1) is 9.04. The standard InChI is InChI=1S/C13H6BrClF2N2/c14-11-7(6-18)4-5-10(13(11)17)19-9-3-1-2-8(15)12(9)16/h1-5,19H. The molecule has 96 valence electrons. The summed E-state index contributed by atoms with van der Waals surface area (Å²) in [6, 6.07) is 9.01. The zero-order chi connectivity index (χ0) is 14.0. The Labute approximate surface area is 121 Å². The third-order valence-electron chi connectivity index (χ3n) is 2.42. The Bertz CT molecular complexity index is 683. The van der Waals surface area contributed by atoms with E-state index in [9.17, 15) is 8.78 Å². The fourth-order valence-electron chi connectivity index (χ4n) is 1.48. The number of hydrogen-bond donors (Lipinski definition) is 1. The minimum Gasteiger partial charge on any atom is -0.351 e. The van der Waals surface area contributed by atoms with Crippen molar-refractivity contribution in [3.8, 4) is 6.07 Å². The highest BCUT2D eigenvalue weighted by Crippen LogP contribution is 2.31. The monoisotopic (exact) mass is 342 g/mol. The van der Waals surface area contributed by atoms with Crippen LogP contribution in [-0.2, 0) is 0 Å². The number of rotatable bonds is 2. The quantitative estimate of drug-likeness (QED) is 0.833. The second-order valence-electron chi connectivity index (χ2n) is 3.63. The number of anilines is 2. The number of benzene rings is 2. The topological polar surface area (TPSA) is 35.8 Å². The lowest BCUT2D eigenvalue weighted by atomic mass is 10.2. The average molecular weight is 344 g/mol. The lowest BCUT2D eigenvalue weighted by Crippen LogP contribution is -1.98. The van der Waals surface area contributed by atoms with Crippen LogP contribution >= 0.6 is 27.5 Å². The van der Waals surface area contributed by atoms with Gasteiger partial charge in [-0.1, -0.05) is 17.7 Å². The predicted octanol–water partition coefficient (Wildman–Crippen LogP) is 5.00. The Morgan fingerprint density at radius 1 is 1.11 bits per heavy atom. The number of hydrogen-bond acceptors (Lipinski definition) is 2. The van der Waals surface area contributed by atoms with Crippen molar-refractivity contribution in [2.75, 3.05) is 5.32 Å². The van der Waals surface area contributed by atoms with Crippen molar-refractivity contribution in [1.29, 1.82) is 5.26 Å². The van der Waals surface area contributed by atoms with E-state index in [4.69, 9.17) is 16.9 Å². The highest BCUT2D eigenvalue weighted by Gasteiger charge is 2.13. The smallest absolute Gasteiger partial charge is 0.165 e. The molecular formula is C13H6BrClF2N2. The van der Waals surface area contributed by atoms with Crippen molar-refractivity contribution in [3.63, 3.8) is 0 Å². The molecule has 2 nitrogen and oxygen atoms in total. The van der Waals surface area contributed by atoms with Gasteiger partial charge in [-0.2, -0.15) is 5.26 Å². The summed E-state index contributed by atoms with van der Waals surface area (Å²) >= 11 is 8.62. The molecule has 0 saturated heterocycles. The summed E-state index contributed by atoms with van der Waals surface area (Å²) in [5.74, 6) is -1.33. The molecule has 0 atom stereocenters. The van der Waals surface area contributed by atoms with E-state index in [0.29, 0.717) is 0 Å². The van der Waals surface area contributed by atoms with Crippen LogP contribution in [0.15, 0.2) is 34.8 Å². The molecule has 0 bridgehead atoms. The van der Waals surface area contributed by atoms with Gasteiger partial charge in [-0.3, -0.25) is 0 Å². The maximum Gasteiger partial charge on any atom is 0.165 e. The van der Waals surface area contributed by atoms with Gasteiger partial charge in [0.25, 0.3) is 0 Å². The molecule has 0 unspecified atom stereocenters. The van der Waals surface area contributed by atoms with Crippen LogP contribution in [0.5, 0.6) is 0 Å². The predicted molar refractivity (Wildman–Crippen MR) is 73.5 cm³/mol. The molecule has 0 heterocycles. The largest absolute Gasteiger partial charge is 0.351 e. The summed E-state index contributed by atoms with van der Waals surface area (Å²) in [6.07, 6.45) is 0. The first kappa shape index (κ1) is 13.8. The molecule has 0 aromatic heterocycles. The van der Waals surface area contributed by atoms with Crippen LogP contribution in [0.1, 0.15) is 5.56 Å². The van der Waals surface area contributed by atoms with E-state index >= 15 is 0 Å². The average Bonchev–Trinajstić information content (AvgIpc) is 2.40. The van der Waals surface area contributed by atoms with Crippen molar-refractivity contribution >= 4 is 38.9 Å². The minimum atomic E-state index is -0.668. The van der Waals surface area contributed by atoms with E-state index in [1.165, 1.54) is 24.3 Å². The van der Waals surface area contributed by atoms with E-state index < -0.39 is 11.6 Å². The van der Waals surface area contributed by atoms with Gasteiger partial charge < -0.3 is 5.32 Å². The summed E-state index contributed by atoms with van der Waals surface area (Å²) in [6.45, 7) is 0. The summed E-state index contributed by atoms with van der Waals surface area (Å²) in [5.41, 5.74) is 0.268. The fourth-order valence-corrected chi connectivity index (χ4v) is 2.09. The molecule has 2 aromatic carbocycles. The molecule has 19 heavy (non-hydrogen) atoms. The molecule has 0 aliphatic carbocycles. The van der Waals surface area contributed by atoms with Crippen molar-refractivity contribution in [3.05, 3.63) is 57.0 Å². The van der Waals surface area contributed by atoms with Gasteiger partial charge in [0.2, 0.25) is 0 Å². The lowest BCUT2D eigenvalue weighted by molar-refractivity contribution is 0.621. The van der Waals surface area contributed by atoms with Crippen molar-refractivity contribution in [2.45, 2.75) is 0 Å². The van der Waals surface area contributed by atoms with E-state index in [-0.39, 0.29) is 26.4 Å². The molecular weight excluding hydrogens is 338 g/mol. The molecule has 0 aliphatic rings. The summed E-state index contributed by atoms with van der Waals surface area (Å²) in [5, 5.41) is 11.3. The highest BCUT2D eigenvalue weighted by molar-refractivity contribution is 9.10. The van der Waals surface area contributed by atoms with Gasteiger partial charge in [0, 0.05) is 0 Å². The van der Waals surface area contributed by atoms with Gasteiger partial charge in [0.15, 0.2) is 11.6 Å². The normalized spacial score (nSPS) is 10.1. The molecule has 0 spiro atoms. The summed E-state index contributed by atoms with van der Waals surface area (Å²) in [7, 11) is 0. The third-order valence-corrected chi connectivity index (χ3v) is 3.49. The van der Waals surface area contributed by atoms with Crippen LogP contribution in [0, 0.1) is 23.0 Å². The van der Waals surface area contributed by atoms with E-state index in [1.807, 2.05) is 6.07 Å². The molecule has 0 radical (unpaired) electrons. The van der Waals surface area contributed by atoms with E-state index in [0.717, 1.165) is 0 Å². The number of nitrogens with zero attached hydrogens (tertiary/aromatic N) is 1. The van der Waals surface area contributed by atoms with Crippen molar-refractivity contribution < 1.29 is 8.78 Å². The molecule has 6 heteroatoms. The number of halogens is 4. The molecule has 0 saturated carbocycles. The molecule has 2 aromatic rings. The van der Waals surface area contributed by atoms with Crippen molar-refractivity contribution in [2.24, 2.45) is 0 Å².